The number of benzene rings is 2. The van der Waals surface area contributed by atoms with Gasteiger partial charge in [0.05, 0.1) is 28.2 Å². The van der Waals surface area contributed by atoms with Gasteiger partial charge in [-0.2, -0.15) is 0 Å². The van der Waals surface area contributed by atoms with Crippen molar-refractivity contribution in [1.82, 2.24) is 4.90 Å². The molecule has 0 radical (unpaired) electrons. The Morgan fingerprint density at radius 1 is 1.06 bits per heavy atom. The molecular formula is C23H19Cl2N3O3. The summed E-state index contributed by atoms with van der Waals surface area (Å²) in [6.45, 7) is 2.58. The van der Waals surface area contributed by atoms with E-state index >= 15 is 0 Å². The van der Waals surface area contributed by atoms with Gasteiger partial charge in [0.25, 0.3) is 5.91 Å². The minimum atomic E-state index is -1.22. The quantitative estimate of drug-likeness (QED) is 0.665. The van der Waals surface area contributed by atoms with Crippen molar-refractivity contribution in [2.45, 2.75) is 31.3 Å². The smallest absolute Gasteiger partial charge is 0.250 e. The molecule has 3 saturated heterocycles. The molecule has 0 saturated carbocycles. The van der Waals surface area contributed by atoms with Crippen LogP contribution in [0.2, 0.25) is 10.0 Å². The van der Waals surface area contributed by atoms with E-state index < -0.39 is 17.4 Å². The summed E-state index contributed by atoms with van der Waals surface area (Å²) in [6.07, 6.45) is 1.65. The molecule has 0 unspecified atom stereocenters. The summed E-state index contributed by atoms with van der Waals surface area (Å²) >= 11 is 12.5. The Morgan fingerprint density at radius 3 is 2.55 bits per heavy atom. The summed E-state index contributed by atoms with van der Waals surface area (Å²) in [7, 11) is 0. The predicted octanol–water partition coefficient (Wildman–Crippen LogP) is 3.73. The highest BCUT2D eigenvalue weighted by Gasteiger charge is 2.74. The largest absolute Gasteiger partial charge is 0.323 e. The van der Waals surface area contributed by atoms with E-state index in [-0.39, 0.29) is 23.8 Å². The fraction of sp³-hybridized carbons (Fsp3) is 0.348. The third-order valence-corrected chi connectivity index (χ3v) is 7.83. The molecule has 8 heteroatoms. The van der Waals surface area contributed by atoms with Crippen LogP contribution in [0.25, 0.3) is 0 Å². The van der Waals surface area contributed by atoms with Crippen molar-refractivity contribution in [3.63, 3.8) is 0 Å². The van der Waals surface area contributed by atoms with Crippen molar-refractivity contribution in [2.75, 3.05) is 16.8 Å². The molecule has 0 aliphatic carbocycles. The average molecular weight is 456 g/mol. The van der Waals surface area contributed by atoms with Gasteiger partial charge in [-0.1, -0.05) is 29.3 Å². The third-order valence-electron chi connectivity index (χ3n) is 7.28. The van der Waals surface area contributed by atoms with Crippen LogP contribution in [0.3, 0.4) is 0 Å². The highest BCUT2D eigenvalue weighted by atomic mass is 35.5. The molecule has 2 aromatic carbocycles. The number of fused-ring (bicyclic) bond motifs is 7. The molecule has 4 heterocycles. The van der Waals surface area contributed by atoms with Crippen molar-refractivity contribution < 1.29 is 14.4 Å². The molecular weight excluding hydrogens is 437 g/mol. The van der Waals surface area contributed by atoms with Crippen molar-refractivity contribution in [1.29, 1.82) is 0 Å². The zero-order chi connectivity index (χ0) is 21.7. The minimum absolute atomic E-state index is 0.158. The van der Waals surface area contributed by atoms with Gasteiger partial charge in [-0.3, -0.25) is 19.3 Å². The van der Waals surface area contributed by atoms with Gasteiger partial charge in [0.1, 0.15) is 5.54 Å². The average Bonchev–Trinajstić information content (AvgIpc) is 3.42. The van der Waals surface area contributed by atoms with E-state index in [0.717, 1.165) is 18.4 Å². The summed E-state index contributed by atoms with van der Waals surface area (Å²) in [4.78, 5) is 44.4. The Balaban J connectivity index is 1.57. The number of anilines is 2. The number of hydrogen-bond acceptors (Lipinski definition) is 4. The Bertz CT molecular complexity index is 1180. The van der Waals surface area contributed by atoms with E-state index in [1.54, 1.807) is 30.3 Å². The molecule has 4 aliphatic rings. The zero-order valence-electron chi connectivity index (χ0n) is 16.7. The van der Waals surface area contributed by atoms with E-state index in [9.17, 15) is 14.4 Å². The number of nitrogens with zero attached hydrogens (tertiary/aromatic N) is 2. The number of amides is 3. The molecule has 1 spiro atoms. The van der Waals surface area contributed by atoms with Gasteiger partial charge in [-0.15, -0.1) is 0 Å². The topological polar surface area (TPSA) is 69.7 Å². The summed E-state index contributed by atoms with van der Waals surface area (Å²) < 4.78 is 0. The lowest BCUT2D eigenvalue weighted by atomic mass is 9.75. The van der Waals surface area contributed by atoms with Crippen LogP contribution in [-0.2, 0) is 19.9 Å². The maximum Gasteiger partial charge on any atom is 0.250 e. The third kappa shape index (κ3) is 2.25. The first kappa shape index (κ1) is 19.3. The van der Waals surface area contributed by atoms with Gasteiger partial charge >= 0.3 is 0 Å². The summed E-state index contributed by atoms with van der Waals surface area (Å²) in [6, 6.07) is 10.2. The van der Waals surface area contributed by atoms with Crippen molar-refractivity contribution in [2.24, 2.45) is 11.8 Å². The molecule has 3 amide bonds. The standard InChI is InChI=1S/C23H19Cl2N3O3/c1-11-9-14-19(15(25)10-11)26-22(31)23(14)18-17(16-3-2-8-27(16)23)20(29)28(21(18)30)13-6-4-12(24)5-7-13/h4-7,9-10,16-18H,2-3,8H2,1H3,(H,26,31)/t16-,17+,18+,23-/m1/s1. The first-order valence-corrected chi connectivity index (χ1v) is 11.1. The van der Waals surface area contributed by atoms with Gasteiger partial charge in [0, 0.05) is 16.6 Å². The number of carbonyl (C=O) groups is 3. The Labute approximate surface area is 189 Å². The number of nitrogens with one attached hydrogen (secondary N) is 1. The molecule has 0 aromatic heterocycles. The van der Waals surface area contributed by atoms with Crippen LogP contribution >= 0.6 is 23.2 Å². The molecule has 6 nitrogen and oxygen atoms in total. The van der Waals surface area contributed by atoms with Crippen LogP contribution in [-0.4, -0.2) is 35.2 Å². The zero-order valence-corrected chi connectivity index (χ0v) is 18.2. The first-order chi connectivity index (χ1) is 14.9. The number of rotatable bonds is 1. The summed E-state index contributed by atoms with van der Waals surface area (Å²) in [5.74, 6) is -2.21. The molecule has 1 N–H and O–H groups in total. The Kier molecular flexibility index (Phi) is 3.93. The fourth-order valence-electron chi connectivity index (χ4n) is 6.24. The summed E-state index contributed by atoms with van der Waals surface area (Å²) in [5, 5.41) is 3.91. The Hall–Kier alpha value is -2.41. The van der Waals surface area contributed by atoms with Crippen molar-refractivity contribution in [3.05, 3.63) is 57.6 Å². The lowest BCUT2D eigenvalue weighted by Gasteiger charge is -2.36. The highest BCUT2D eigenvalue weighted by Crippen LogP contribution is 2.61. The van der Waals surface area contributed by atoms with Gasteiger partial charge in [0.2, 0.25) is 11.8 Å². The van der Waals surface area contributed by atoms with Crippen LogP contribution in [0.4, 0.5) is 11.4 Å². The van der Waals surface area contributed by atoms with E-state index in [0.29, 0.717) is 33.5 Å². The van der Waals surface area contributed by atoms with Crippen LogP contribution in [0.5, 0.6) is 0 Å². The summed E-state index contributed by atoms with van der Waals surface area (Å²) in [5.41, 5.74) is 1.43. The number of carbonyl (C=O) groups excluding carboxylic acids is 3. The second-order valence-corrected chi connectivity index (χ2v) is 9.63. The maximum absolute atomic E-state index is 13.8. The van der Waals surface area contributed by atoms with Gasteiger partial charge in [-0.05, 0) is 62.2 Å². The molecule has 2 aromatic rings. The Morgan fingerprint density at radius 2 is 1.81 bits per heavy atom. The fourth-order valence-corrected chi connectivity index (χ4v) is 6.69. The number of hydrogen-bond donors (Lipinski definition) is 1. The van der Waals surface area contributed by atoms with Gasteiger partial charge < -0.3 is 5.32 Å². The number of halogens is 2. The SMILES string of the molecule is Cc1cc(Cl)c2c(c1)[C@]1(C(=O)N2)[C@@H]2C(=O)N(c3ccc(Cl)cc3)C(=O)[C@H]2[C@H]2CCCN21. The molecule has 3 fully saturated rings. The van der Waals surface area contributed by atoms with Crippen LogP contribution in [0.1, 0.15) is 24.0 Å². The molecule has 4 atom stereocenters. The normalized spacial score (nSPS) is 31.4. The number of aryl methyl sites for hydroxylation is 1. The lowest BCUT2D eigenvalue weighted by molar-refractivity contribution is -0.135. The molecule has 6 rings (SSSR count). The second-order valence-electron chi connectivity index (χ2n) is 8.78. The van der Waals surface area contributed by atoms with Crippen LogP contribution in [0.15, 0.2) is 36.4 Å². The van der Waals surface area contributed by atoms with E-state index in [4.69, 9.17) is 23.2 Å². The minimum Gasteiger partial charge on any atom is -0.323 e. The monoisotopic (exact) mass is 455 g/mol. The molecule has 4 aliphatic heterocycles. The molecule has 158 valence electrons. The van der Waals surface area contributed by atoms with Crippen molar-refractivity contribution in [3.8, 4) is 0 Å². The second kappa shape index (κ2) is 6.31. The van der Waals surface area contributed by atoms with E-state index in [1.807, 2.05) is 13.0 Å². The van der Waals surface area contributed by atoms with Crippen LogP contribution in [0, 0.1) is 18.8 Å². The molecule has 0 bridgehead atoms. The van der Waals surface area contributed by atoms with Gasteiger partial charge in [0.15, 0.2) is 0 Å². The maximum atomic E-state index is 13.8. The van der Waals surface area contributed by atoms with Crippen LogP contribution < -0.4 is 10.2 Å². The van der Waals surface area contributed by atoms with Gasteiger partial charge in [-0.25, -0.2) is 4.90 Å². The van der Waals surface area contributed by atoms with Crippen molar-refractivity contribution >= 4 is 52.3 Å². The first-order valence-electron chi connectivity index (χ1n) is 10.4. The number of imide groups is 1. The highest BCUT2D eigenvalue weighted by molar-refractivity contribution is 6.35. The molecule has 31 heavy (non-hydrogen) atoms. The van der Waals surface area contributed by atoms with E-state index in [1.165, 1.54) is 4.90 Å². The lowest BCUT2D eigenvalue weighted by Crippen LogP contribution is -2.54. The van der Waals surface area contributed by atoms with E-state index in [2.05, 4.69) is 10.2 Å². The predicted molar refractivity (Wildman–Crippen MR) is 117 cm³/mol.